The number of nitrogens with zero attached hydrogens (tertiary/aromatic N) is 1. The van der Waals surface area contributed by atoms with Crippen molar-refractivity contribution in [1.29, 1.82) is 0 Å². The Labute approximate surface area is 200 Å². The first-order valence-corrected chi connectivity index (χ1v) is 9.82. The van der Waals surface area contributed by atoms with E-state index in [1.54, 1.807) is 26.4 Å². The van der Waals surface area contributed by atoms with Crippen LogP contribution in [0.4, 0.5) is 0 Å². The van der Waals surface area contributed by atoms with E-state index in [9.17, 15) is 9.90 Å². The average Bonchev–Trinajstić information content (AvgIpc) is 2.76. The summed E-state index contributed by atoms with van der Waals surface area (Å²) >= 11 is 0. The molecule has 0 fully saturated rings. The number of aliphatic imine (C=N–C) groups is 1. The van der Waals surface area contributed by atoms with Crippen molar-refractivity contribution in [3.63, 3.8) is 0 Å². The van der Waals surface area contributed by atoms with Crippen LogP contribution in [0, 0.1) is 0 Å². The molecule has 0 aliphatic rings. The molecule has 0 radical (unpaired) electrons. The number of ether oxygens (including phenoxy) is 2. The summed E-state index contributed by atoms with van der Waals surface area (Å²) in [5, 5.41) is 18.7. The third kappa shape index (κ3) is 8.16. The van der Waals surface area contributed by atoms with Crippen molar-refractivity contribution >= 4 is 35.8 Å². The number of phenolic OH excluding ortho intramolecular Hbond substituents is 1. The van der Waals surface area contributed by atoms with Crippen LogP contribution in [-0.2, 0) is 0 Å². The van der Waals surface area contributed by atoms with E-state index in [2.05, 4.69) is 20.9 Å². The first-order chi connectivity index (χ1) is 14.5. The number of rotatable bonds is 9. The Bertz CT molecular complexity index is 859. The Morgan fingerprint density at radius 2 is 1.81 bits per heavy atom. The SMILES string of the molecule is CCNC(=NCCNC(=O)c1ccc(O)cc1)NC(C)c1cc(OC)ccc1OC.I. The van der Waals surface area contributed by atoms with Gasteiger partial charge >= 0.3 is 0 Å². The highest BCUT2D eigenvalue weighted by atomic mass is 127. The lowest BCUT2D eigenvalue weighted by Crippen LogP contribution is -2.39. The molecule has 4 N–H and O–H groups in total. The predicted molar refractivity (Wildman–Crippen MR) is 133 cm³/mol. The lowest BCUT2D eigenvalue weighted by atomic mass is 10.1. The van der Waals surface area contributed by atoms with E-state index in [0.29, 0.717) is 31.2 Å². The summed E-state index contributed by atoms with van der Waals surface area (Å²) in [6.07, 6.45) is 0. The van der Waals surface area contributed by atoms with Gasteiger partial charge in [-0.3, -0.25) is 9.79 Å². The zero-order valence-electron chi connectivity index (χ0n) is 18.3. The molecule has 2 aromatic carbocycles. The highest BCUT2D eigenvalue weighted by Crippen LogP contribution is 2.29. The van der Waals surface area contributed by atoms with Crippen LogP contribution in [0.3, 0.4) is 0 Å². The Morgan fingerprint density at radius 1 is 1.10 bits per heavy atom. The van der Waals surface area contributed by atoms with Crippen LogP contribution in [0.15, 0.2) is 47.5 Å². The van der Waals surface area contributed by atoms with Crippen molar-refractivity contribution in [1.82, 2.24) is 16.0 Å². The van der Waals surface area contributed by atoms with Crippen molar-refractivity contribution in [2.75, 3.05) is 33.9 Å². The second-order valence-electron chi connectivity index (χ2n) is 6.54. The van der Waals surface area contributed by atoms with Gasteiger partial charge in [0, 0.05) is 24.2 Å². The Balaban J connectivity index is 0.00000480. The number of phenols is 1. The number of guanidine groups is 1. The minimum absolute atomic E-state index is 0. The summed E-state index contributed by atoms with van der Waals surface area (Å²) in [6.45, 7) is 5.49. The normalized spacial score (nSPS) is 11.7. The van der Waals surface area contributed by atoms with E-state index in [-0.39, 0.29) is 41.7 Å². The molecule has 170 valence electrons. The molecule has 0 saturated carbocycles. The topological polar surface area (TPSA) is 104 Å². The fourth-order valence-electron chi connectivity index (χ4n) is 2.83. The number of benzene rings is 2. The predicted octanol–water partition coefficient (Wildman–Crippen LogP) is 3.07. The van der Waals surface area contributed by atoms with Gasteiger partial charge in [0.1, 0.15) is 17.2 Å². The fraction of sp³-hybridized carbons (Fsp3) is 0.364. The molecule has 0 saturated heterocycles. The third-order valence-electron chi connectivity index (χ3n) is 4.40. The second kappa shape index (κ2) is 13.6. The number of hydrogen-bond acceptors (Lipinski definition) is 5. The Hall–Kier alpha value is -2.69. The molecular formula is C22H31IN4O4. The molecule has 2 aromatic rings. The van der Waals surface area contributed by atoms with Gasteiger partial charge in [-0.15, -0.1) is 24.0 Å². The van der Waals surface area contributed by atoms with Crippen molar-refractivity contribution < 1.29 is 19.4 Å². The molecule has 0 spiro atoms. The minimum atomic E-state index is -0.211. The maximum atomic E-state index is 12.1. The van der Waals surface area contributed by atoms with Gasteiger partial charge in [-0.25, -0.2) is 0 Å². The summed E-state index contributed by atoms with van der Waals surface area (Å²) < 4.78 is 10.8. The number of methoxy groups -OCH3 is 2. The maximum absolute atomic E-state index is 12.1. The molecule has 31 heavy (non-hydrogen) atoms. The number of halogens is 1. The van der Waals surface area contributed by atoms with Gasteiger partial charge in [0.2, 0.25) is 0 Å². The lowest BCUT2D eigenvalue weighted by molar-refractivity contribution is 0.0955. The molecule has 0 aliphatic carbocycles. The summed E-state index contributed by atoms with van der Waals surface area (Å²) in [5.41, 5.74) is 1.43. The van der Waals surface area contributed by atoms with Crippen molar-refractivity contribution in [3.05, 3.63) is 53.6 Å². The summed E-state index contributed by atoms with van der Waals surface area (Å²) in [4.78, 5) is 16.6. The quantitative estimate of drug-likeness (QED) is 0.168. The number of carbonyl (C=O) groups excluding carboxylic acids is 1. The lowest BCUT2D eigenvalue weighted by Gasteiger charge is -2.21. The number of nitrogens with one attached hydrogen (secondary N) is 3. The smallest absolute Gasteiger partial charge is 0.251 e. The van der Waals surface area contributed by atoms with E-state index in [0.717, 1.165) is 17.1 Å². The van der Waals surface area contributed by atoms with E-state index < -0.39 is 0 Å². The van der Waals surface area contributed by atoms with Crippen LogP contribution in [-0.4, -0.2) is 50.8 Å². The van der Waals surface area contributed by atoms with Gasteiger partial charge in [-0.2, -0.15) is 0 Å². The van der Waals surface area contributed by atoms with E-state index in [4.69, 9.17) is 9.47 Å². The van der Waals surface area contributed by atoms with E-state index in [1.165, 1.54) is 12.1 Å². The molecule has 8 nitrogen and oxygen atoms in total. The van der Waals surface area contributed by atoms with Crippen LogP contribution in [0.5, 0.6) is 17.2 Å². The molecule has 0 heterocycles. The van der Waals surface area contributed by atoms with Crippen LogP contribution in [0.2, 0.25) is 0 Å². The van der Waals surface area contributed by atoms with Crippen LogP contribution >= 0.6 is 24.0 Å². The first-order valence-electron chi connectivity index (χ1n) is 9.82. The molecule has 0 bridgehead atoms. The summed E-state index contributed by atoms with van der Waals surface area (Å²) in [7, 11) is 3.26. The van der Waals surface area contributed by atoms with E-state index in [1.807, 2.05) is 32.0 Å². The number of carbonyl (C=O) groups is 1. The Morgan fingerprint density at radius 3 is 2.42 bits per heavy atom. The molecule has 0 aliphatic heterocycles. The Kier molecular flexibility index (Phi) is 11.5. The standard InChI is InChI=1S/C22H30N4O4.HI/c1-5-23-22(25-13-12-24-21(28)16-6-8-17(27)9-7-16)26-15(2)19-14-18(29-3)10-11-20(19)30-4;/h6-11,14-15,27H,5,12-13H2,1-4H3,(H,24,28)(H2,23,25,26);1H. The van der Waals surface area contributed by atoms with Crippen LogP contribution in [0.25, 0.3) is 0 Å². The molecule has 2 rings (SSSR count). The average molecular weight is 542 g/mol. The van der Waals surface area contributed by atoms with Gasteiger partial charge in [0.15, 0.2) is 5.96 Å². The number of aromatic hydroxyl groups is 1. The first kappa shape index (κ1) is 26.3. The molecule has 1 atom stereocenters. The number of amides is 1. The van der Waals surface area contributed by atoms with Gasteiger partial charge < -0.3 is 30.5 Å². The molecule has 1 unspecified atom stereocenters. The largest absolute Gasteiger partial charge is 0.508 e. The summed E-state index contributed by atoms with van der Waals surface area (Å²) in [5.74, 6) is 2.05. The monoisotopic (exact) mass is 542 g/mol. The number of hydrogen-bond donors (Lipinski definition) is 4. The fourth-order valence-corrected chi connectivity index (χ4v) is 2.83. The van der Waals surface area contributed by atoms with Gasteiger partial charge in [-0.05, 0) is 56.3 Å². The molecular weight excluding hydrogens is 511 g/mol. The molecule has 1 amide bonds. The molecule has 0 aromatic heterocycles. The van der Waals surface area contributed by atoms with Crippen molar-refractivity contribution in [2.24, 2.45) is 4.99 Å². The maximum Gasteiger partial charge on any atom is 0.251 e. The third-order valence-corrected chi connectivity index (χ3v) is 4.40. The minimum Gasteiger partial charge on any atom is -0.508 e. The van der Waals surface area contributed by atoms with Crippen LogP contribution in [0.1, 0.15) is 35.8 Å². The van der Waals surface area contributed by atoms with Gasteiger partial charge in [0.05, 0.1) is 26.8 Å². The highest BCUT2D eigenvalue weighted by molar-refractivity contribution is 14.0. The van der Waals surface area contributed by atoms with Gasteiger partial charge in [0.25, 0.3) is 5.91 Å². The van der Waals surface area contributed by atoms with Crippen molar-refractivity contribution in [2.45, 2.75) is 19.9 Å². The van der Waals surface area contributed by atoms with Gasteiger partial charge in [-0.1, -0.05) is 0 Å². The van der Waals surface area contributed by atoms with Crippen molar-refractivity contribution in [3.8, 4) is 17.2 Å². The second-order valence-corrected chi connectivity index (χ2v) is 6.54. The zero-order valence-corrected chi connectivity index (χ0v) is 20.6. The summed E-state index contributed by atoms with van der Waals surface area (Å²) in [6, 6.07) is 11.7. The highest BCUT2D eigenvalue weighted by Gasteiger charge is 2.14. The zero-order chi connectivity index (χ0) is 21.9. The molecule has 9 heteroatoms. The van der Waals surface area contributed by atoms with E-state index >= 15 is 0 Å². The van der Waals surface area contributed by atoms with Crippen LogP contribution < -0.4 is 25.4 Å².